The first-order valence-corrected chi connectivity index (χ1v) is 13.3. The Kier molecular flexibility index (Phi) is 14.9. The highest BCUT2D eigenvalue weighted by atomic mass is 19.1. The lowest BCUT2D eigenvalue weighted by Crippen LogP contribution is -1.92. The van der Waals surface area contributed by atoms with Crippen molar-refractivity contribution in [3.8, 4) is 6.07 Å². The standard InChI is InChI=1S/C9H10N2.C8H10FN.C8H11N.C7H12N2/c1-7(2)9-4-3-8(5-10)6-11-9;1-6(2)8-4-3-7(9)5-10-8;1-7(2)8-5-3-4-6-9-8;1-6(2)7-4-5-9(3)8-7/h3-4,6-7H,1-2H3;3-6H,1-2H3;3-7H,1-2H3;4-6H,1-3H3. The second-order valence-electron chi connectivity index (χ2n) is 10.3. The first kappa shape index (κ1) is 33.1. The number of rotatable bonds is 4. The molecule has 208 valence electrons. The van der Waals surface area contributed by atoms with Crippen LogP contribution in [0.15, 0.2) is 73.3 Å². The molecule has 0 saturated heterocycles. The van der Waals surface area contributed by atoms with Gasteiger partial charge in [-0.15, -0.1) is 0 Å². The van der Waals surface area contributed by atoms with Gasteiger partial charge in [0.1, 0.15) is 11.9 Å². The predicted octanol–water partition coefficient (Wildman–Crippen LogP) is 8.17. The molecule has 0 aliphatic carbocycles. The molecule has 4 aromatic rings. The van der Waals surface area contributed by atoms with Crippen molar-refractivity contribution in [1.29, 1.82) is 5.26 Å². The first-order valence-electron chi connectivity index (χ1n) is 13.3. The van der Waals surface area contributed by atoms with Crippen molar-refractivity contribution in [1.82, 2.24) is 24.7 Å². The summed E-state index contributed by atoms with van der Waals surface area (Å²) >= 11 is 0. The lowest BCUT2D eigenvalue weighted by molar-refractivity contribution is 0.617. The van der Waals surface area contributed by atoms with Crippen molar-refractivity contribution in [2.24, 2.45) is 7.05 Å². The minimum absolute atomic E-state index is 0.274. The van der Waals surface area contributed by atoms with Gasteiger partial charge in [-0.05, 0) is 66.1 Å². The molecule has 0 aliphatic rings. The van der Waals surface area contributed by atoms with E-state index in [1.165, 1.54) is 12.3 Å². The molecule has 0 saturated carbocycles. The fourth-order valence-corrected chi connectivity index (χ4v) is 3.00. The van der Waals surface area contributed by atoms with Crippen LogP contribution in [-0.4, -0.2) is 24.7 Å². The maximum absolute atomic E-state index is 12.3. The van der Waals surface area contributed by atoms with Gasteiger partial charge in [-0.3, -0.25) is 19.6 Å². The highest BCUT2D eigenvalue weighted by Crippen LogP contribution is 2.12. The Balaban J connectivity index is 0.000000261. The Labute approximate surface area is 234 Å². The van der Waals surface area contributed by atoms with E-state index in [1.54, 1.807) is 18.3 Å². The number of pyridine rings is 3. The number of hydrogen-bond acceptors (Lipinski definition) is 5. The van der Waals surface area contributed by atoms with Crippen molar-refractivity contribution in [2.45, 2.75) is 79.1 Å². The number of aryl methyl sites for hydroxylation is 1. The fraction of sp³-hybridized carbons (Fsp3) is 0.406. The number of hydrogen-bond donors (Lipinski definition) is 0. The summed E-state index contributed by atoms with van der Waals surface area (Å²) in [4.78, 5) is 12.2. The molecule has 4 aromatic heterocycles. The molecule has 0 fully saturated rings. The van der Waals surface area contributed by atoms with Crippen molar-refractivity contribution in [3.05, 3.63) is 107 Å². The van der Waals surface area contributed by atoms with Crippen molar-refractivity contribution >= 4 is 0 Å². The van der Waals surface area contributed by atoms with Gasteiger partial charge in [-0.25, -0.2) is 4.39 Å². The summed E-state index contributed by atoms with van der Waals surface area (Å²) in [5, 5.41) is 12.7. The lowest BCUT2D eigenvalue weighted by atomic mass is 10.1. The average Bonchev–Trinajstić information content (AvgIpc) is 3.37. The molecule has 0 aromatic carbocycles. The molecule has 4 heterocycles. The Morgan fingerprint density at radius 2 is 1.21 bits per heavy atom. The third-order valence-corrected chi connectivity index (χ3v) is 5.45. The molecular weight excluding hydrogens is 487 g/mol. The van der Waals surface area contributed by atoms with Crippen LogP contribution >= 0.6 is 0 Å². The zero-order chi connectivity index (χ0) is 29.4. The summed E-state index contributed by atoms with van der Waals surface area (Å²) in [5.41, 5.74) is 4.91. The van der Waals surface area contributed by atoms with Crippen LogP contribution in [-0.2, 0) is 7.05 Å². The highest BCUT2D eigenvalue weighted by molar-refractivity contribution is 5.27. The first-order chi connectivity index (χ1) is 18.4. The summed E-state index contributed by atoms with van der Waals surface area (Å²) in [6, 6.07) is 16.9. The van der Waals surface area contributed by atoms with E-state index in [2.05, 4.69) is 61.6 Å². The maximum atomic E-state index is 12.3. The van der Waals surface area contributed by atoms with E-state index in [9.17, 15) is 4.39 Å². The third kappa shape index (κ3) is 13.4. The zero-order valence-electron chi connectivity index (χ0n) is 24.8. The van der Waals surface area contributed by atoms with Crippen LogP contribution in [0.1, 0.15) is 107 Å². The number of nitriles is 1. The number of halogens is 1. The topological polar surface area (TPSA) is 80.3 Å². The van der Waals surface area contributed by atoms with Gasteiger partial charge >= 0.3 is 0 Å². The van der Waals surface area contributed by atoms with E-state index in [0.29, 0.717) is 29.2 Å². The second-order valence-corrected chi connectivity index (χ2v) is 10.3. The summed E-state index contributed by atoms with van der Waals surface area (Å²) in [5.74, 6) is 1.63. The Morgan fingerprint density at radius 3 is 1.51 bits per heavy atom. The minimum Gasteiger partial charge on any atom is -0.276 e. The van der Waals surface area contributed by atoms with Gasteiger partial charge in [0.2, 0.25) is 0 Å². The maximum Gasteiger partial charge on any atom is 0.141 e. The largest absolute Gasteiger partial charge is 0.276 e. The average molecular weight is 531 g/mol. The van der Waals surface area contributed by atoms with Gasteiger partial charge in [0.15, 0.2) is 0 Å². The monoisotopic (exact) mass is 530 g/mol. The van der Waals surface area contributed by atoms with E-state index < -0.39 is 0 Å². The van der Waals surface area contributed by atoms with E-state index in [-0.39, 0.29) is 5.82 Å². The van der Waals surface area contributed by atoms with Gasteiger partial charge in [-0.1, -0.05) is 61.5 Å². The highest BCUT2D eigenvalue weighted by Gasteiger charge is 2.00. The Hall–Kier alpha value is -3.92. The van der Waals surface area contributed by atoms with Crippen molar-refractivity contribution in [2.75, 3.05) is 0 Å². The van der Waals surface area contributed by atoms with Gasteiger partial charge in [0.25, 0.3) is 0 Å². The molecule has 0 unspecified atom stereocenters. The van der Waals surface area contributed by atoms with Gasteiger partial charge < -0.3 is 0 Å². The predicted molar refractivity (Wildman–Crippen MR) is 157 cm³/mol. The van der Waals surface area contributed by atoms with Crippen LogP contribution in [0, 0.1) is 17.1 Å². The van der Waals surface area contributed by atoms with Crippen LogP contribution in [0.4, 0.5) is 4.39 Å². The third-order valence-electron chi connectivity index (χ3n) is 5.45. The van der Waals surface area contributed by atoms with Crippen LogP contribution in [0.2, 0.25) is 0 Å². The summed E-state index contributed by atoms with van der Waals surface area (Å²) < 4.78 is 14.1. The summed E-state index contributed by atoms with van der Waals surface area (Å²) in [6.45, 7) is 16.8. The molecule has 6 nitrogen and oxygen atoms in total. The van der Waals surface area contributed by atoms with Crippen LogP contribution < -0.4 is 0 Å². The van der Waals surface area contributed by atoms with Gasteiger partial charge in [0.05, 0.1) is 17.5 Å². The molecule has 39 heavy (non-hydrogen) atoms. The lowest BCUT2D eigenvalue weighted by Gasteiger charge is -2.01. The zero-order valence-corrected chi connectivity index (χ0v) is 24.8. The molecule has 0 radical (unpaired) electrons. The van der Waals surface area contributed by atoms with Crippen LogP contribution in [0.3, 0.4) is 0 Å². The Morgan fingerprint density at radius 1 is 0.667 bits per heavy atom. The minimum atomic E-state index is -0.274. The molecule has 0 amide bonds. The molecule has 7 heteroatoms. The normalized spacial score (nSPS) is 10.2. The molecule has 0 N–H and O–H groups in total. The molecule has 0 bridgehead atoms. The van der Waals surface area contributed by atoms with Gasteiger partial charge in [0, 0.05) is 42.7 Å². The van der Waals surface area contributed by atoms with E-state index >= 15 is 0 Å². The van der Waals surface area contributed by atoms with E-state index in [1.807, 2.05) is 74.4 Å². The quantitative estimate of drug-likeness (QED) is 0.266. The fourth-order valence-electron chi connectivity index (χ4n) is 3.00. The van der Waals surface area contributed by atoms with Crippen molar-refractivity contribution in [3.63, 3.8) is 0 Å². The SMILES string of the molecule is CC(C)c1ccc(C#N)cn1.CC(C)c1ccc(F)cn1.CC(C)c1ccccn1.CC(C)c1ccn(C)n1. The summed E-state index contributed by atoms with van der Waals surface area (Å²) in [6.07, 6.45) is 6.65. The van der Waals surface area contributed by atoms with E-state index in [4.69, 9.17) is 5.26 Å². The van der Waals surface area contributed by atoms with Crippen LogP contribution in [0.5, 0.6) is 0 Å². The Bertz CT molecular complexity index is 1220. The second kappa shape index (κ2) is 17.6. The van der Waals surface area contributed by atoms with Crippen molar-refractivity contribution < 1.29 is 4.39 Å². The molecule has 4 rings (SSSR count). The van der Waals surface area contributed by atoms with E-state index in [0.717, 1.165) is 22.8 Å². The summed E-state index contributed by atoms with van der Waals surface area (Å²) in [7, 11) is 1.94. The van der Waals surface area contributed by atoms with Gasteiger partial charge in [-0.2, -0.15) is 10.4 Å². The smallest absolute Gasteiger partial charge is 0.141 e. The van der Waals surface area contributed by atoms with Crippen LogP contribution in [0.25, 0.3) is 0 Å². The number of nitrogens with zero attached hydrogens (tertiary/aromatic N) is 6. The molecule has 0 aliphatic heterocycles. The molecule has 0 atom stereocenters. The molecule has 0 spiro atoms. The number of aromatic nitrogens is 5. The molecular formula is C32H43FN6.